The normalized spacial score (nSPS) is 22.2. The Morgan fingerprint density at radius 3 is 2.79 bits per heavy atom. The largest absolute Gasteiger partial charge is 0.496 e. The molecule has 0 saturated carbocycles. The fourth-order valence-electron chi connectivity index (χ4n) is 4.35. The van der Waals surface area contributed by atoms with Crippen molar-refractivity contribution in [2.24, 2.45) is 0 Å². The van der Waals surface area contributed by atoms with E-state index in [0.29, 0.717) is 29.7 Å². The molecule has 0 aliphatic carbocycles. The highest BCUT2D eigenvalue weighted by molar-refractivity contribution is 7.92. The first-order valence-corrected chi connectivity index (χ1v) is 11.9. The summed E-state index contributed by atoms with van der Waals surface area (Å²) in [5, 5.41) is 2.48. The van der Waals surface area contributed by atoms with Crippen molar-refractivity contribution in [3.63, 3.8) is 0 Å². The molecule has 1 aromatic carbocycles. The van der Waals surface area contributed by atoms with E-state index in [1.165, 1.54) is 12.8 Å². The second-order valence-electron chi connectivity index (χ2n) is 7.67. The van der Waals surface area contributed by atoms with E-state index in [1.54, 1.807) is 25.3 Å². The Bertz CT molecular complexity index is 996. The Balaban J connectivity index is 1.69. The maximum absolute atomic E-state index is 13.1. The molecular formula is C22H29N3O3S. The topological polar surface area (TPSA) is 74.4 Å². The Morgan fingerprint density at radius 1 is 1.21 bits per heavy atom. The van der Waals surface area contributed by atoms with E-state index in [9.17, 15) is 8.42 Å². The summed E-state index contributed by atoms with van der Waals surface area (Å²) in [6.07, 6.45) is 7.88. The summed E-state index contributed by atoms with van der Waals surface area (Å²) in [5.41, 5.74) is 1.63. The number of rotatable bonds is 6. The standard InChI is InChI=1S/C22H29N3O3S/c1-3-16-7-6-14-25(16)21-12-10-19(24-21)18-15-17(9-11-20(18)28-2)29(26,27)22-8-4-5-13-23-22/h4-5,9-12,15-16,22-24H,3,6-8,13-14H2,1-2H3. The molecule has 1 fully saturated rings. The summed E-state index contributed by atoms with van der Waals surface area (Å²) in [7, 11) is -1.87. The molecule has 156 valence electrons. The Morgan fingerprint density at radius 2 is 2.07 bits per heavy atom. The molecule has 2 aliphatic rings. The average molecular weight is 416 g/mol. The van der Waals surface area contributed by atoms with E-state index in [-0.39, 0.29) is 0 Å². The molecule has 29 heavy (non-hydrogen) atoms. The molecule has 1 aromatic heterocycles. The summed E-state index contributed by atoms with van der Waals surface area (Å²) < 4.78 is 31.8. The highest BCUT2D eigenvalue weighted by Crippen LogP contribution is 2.35. The SMILES string of the molecule is CCC1CCCN1c1ccc(-c2cc(S(=O)(=O)C3CC=CCN3)ccc2OC)[nH]1. The number of ether oxygens (including phenoxy) is 1. The fourth-order valence-corrected chi connectivity index (χ4v) is 5.90. The number of H-pyrrole nitrogens is 1. The van der Waals surface area contributed by atoms with Gasteiger partial charge in [-0.3, -0.25) is 5.32 Å². The Labute approximate surface area is 172 Å². The molecule has 2 unspecified atom stereocenters. The number of hydrogen-bond acceptors (Lipinski definition) is 5. The zero-order chi connectivity index (χ0) is 20.4. The molecule has 2 aliphatic heterocycles. The first-order chi connectivity index (χ1) is 14.0. The van der Waals surface area contributed by atoms with Crippen LogP contribution in [0.1, 0.15) is 32.6 Å². The molecular weight excluding hydrogens is 386 g/mol. The van der Waals surface area contributed by atoms with Crippen molar-refractivity contribution in [1.29, 1.82) is 0 Å². The molecule has 0 spiro atoms. The molecule has 0 radical (unpaired) electrons. The third kappa shape index (κ3) is 3.81. The number of aromatic nitrogens is 1. The minimum Gasteiger partial charge on any atom is -0.496 e. The maximum Gasteiger partial charge on any atom is 0.194 e. The average Bonchev–Trinajstić information content (AvgIpc) is 3.43. The monoisotopic (exact) mass is 415 g/mol. The summed E-state index contributed by atoms with van der Waals surface area (Å²) in [6, 6.07) is 9.75. The Hall–Kier alpha value is -2.25. The number of anilines is 1. The predicted molar refractivity (Wildman–Crippen MR) is 116 cm³/mol. The summed E-state index contributed by atoms with van der Waals surface area (Å²) >= 11 is 0. The van der Waals surface area contributed by atoms with E-state index in [0.717, 1.165) is 30.0 Å². The molecule has 2 N–H and O–H groups in total. The van der Waals surface area contributed by atoms with Gasteiger partial charge in [0.25, 0.3) is 0 Å². The van der Waals surface area contributed by atoms with Crippen molar-refractivity contribution in [2.75, 3.05) is 25.1 Å². The molecule has 4 rings (SSSR count). The van der Waals surface area contributed by atoms with Gasteiger partial charge in [0.15, 0.2) is 9.84 Å². The lowest BCUT2D eigenvalue weighted by Gasteiger charge is -2.24. The first-order valence-electron chi connectivity index (χ1n) is 10.3. The van der Waals surface area contributed by atoms with Gasteiger partial charge in [0.2, 0.25) is 0 Å². The van der Waals surface area contributed by atoms with Crippen LogP contribution in [0.2, 0.25) is 0 Å². The van der Waals surface area contributed by atoms with Gasteiger partial charge in [-0.2, -0.15) is 0 Å². The van der Waals surface area contributed by atoms with Gasteiger partial charge in [-0.25, -0.2) is 8.42 Å². The van der Waals surface area contributed by atoms with Crippen LogP contribution in [0.5, 0.6) is 5.75 Å². The number of aromatic amines is 1. The van der Waals surface area contributed by atoms with Crippen LogP contribution in [0.25, 0.3) is 11.3 Å². The lowest BCUT2D eigenvalue weighted by atomic mass is 10.1. The lowest BCUT2D eigenvalue weighted by Crippen LogP contribution is -2.38. The number of methoxy groups -OCH3 is 1. The highest BCUT2D eigenvalue weighted by Gasteiger charge is 2.29. The number of benzene rings is 1. The van der Waals surface area contributed by atoms with Gasteiger partial charge in [0, 0.05) is 24.7 Å². The van der Waals surface area contributed by atoms with Crippen molar-refractivity contribution in [3.8, 4) is 17.0 Å². The third-order valence-electron chi connectivity index (χ3n) is 5.97. The minimum absolute atomic E-state index is 0.310. The second-order valence-corrected chi connectivity index (χ2v) is 9.80. The predicted octanol–water partition coefficient (Wildman–Crippen LogP) is 3.72. The molecule has 0 amide bonds. The number of hydrogen-bond donors (Lipinski definition) is 2. The van der Waals surface area contributed by atoms with Crippen molar-refractivity contribution >= 4 is 15.7 Å². The van der Waals surface area contributed by atoms with Crippen molar-refractivity contribution in [2.45, 2.75) is 48.9 Å². The van der Waals surface area contributed by atoms with E-state index in [2.05, 4.69) is 28.2 Å². The Kier molecular flexibility index (Phi) is 5.69. The molecule has 2 atom stereocenters. The lowest BCUT2D eigenvalue weighted by molar-refractivity contribution is 0.416. The van der Waals surface area contributed by atoms with E-state index in [1.807, 2.05) is 18.2 Å². The van der Waals surface area contributed by atoms with Gasteiger partial charge in [-0.05, 0) is 56.0 Å². The van der Waals surface area contributed by atoms with E-state index in [4.69, 9.17) is 4.74 Å². The molecule has 7 heteroatoms. The first kappa shape index (κ1) is 20.0. The summed E-state index contributed by atoms with van der Waals surface area (Å²) in [5.74, 6) is 1.74. The quantitative estimate of drug-likeness (QED) is 0.704. The summed E-state index contributed by atoms with van der Waals surface area (Å²) in [4.78, 5) is 6.21. The summed E-state index contributed by atoms with van der Waals surface area (Å²) in [6.45, 7) is 3.84. The van der Waals surface area contributed by atoms with Gasteiger partial charge >= 0.3 is 0 Å². The van der Waals surface area contributed by atoms with Crippen LogP contribution in [0.3, 0.4) is 0 Å². The molecule has 6 nitrogen and oxygen atoms in total. The maximum atomic E-state index is 13.1. The van der Waals surface area contributed by atoms with Crippen LogP contribution in [0, 0.1) is 0 Å². The highest BCUT2D eigenvalue weighted by atomic mass is 32.2. The van der Waals surface area contributed by atoms with Crippen LogP contribution in [-0.4, -0.2) is 45.0 Å². The van der Waals surface area contributed by atoms with Crippen LogP contribution in [-0.2, 0) is 9.84 Å². The van der Waals surface area contributed by atoms with Gasteiger partial charge in [0.05, 0.1) is 17.7 Å². The van der Waals surface area contributed by atoms with Crippen molar-refractivity contribution < 1.29 is 13.2 Å². The second kappa shape index (κ2) is 8.24. The molecule has 2 aromatic rings. The van der Waals surface area contributed by atoms with Gasteiger partial charge in [0.1, 0.15) is 16.9 Å². The van der Waals surface area contributed by atoms with Crippen molar-refractivity contribution in [3.05, 3.63) is 42.5 Å². The number of sulfone groups is 1. The van der Waals surface area contributed by atoms with Crippen LogP contribution in [0.15, 0.2) is 47.4 Å². The van der Waals surface area contributed by atoms with Crippen molar-refractivity contribution in [1.82, 2.24) is 10.3 Å². The number of nitrogens with one attached hydrogen (secondary N) is 2. The molecule has 0 bridgehead atoms. The van der Waals surface area contributed by atoms with Crippen LogP contribution >= 0.6 is 0 Å². The van der Waals surface area contributed by atoms with Crippen LogP contribution in [0.4, 0.5) is 5.82 Å². The number of nitrogens with zero attached hydrogens (tertiary/aromatic N) is 1. The zero-order valence-corrected chi connectivity index (χ0v) is 17.8. The molecule has 3 heterocycles. The van der Waals surface area contributed by atoms with E-state index < -0.39 is 15.2 Å². The van der Waals surface area contributed by atoms with Crippen LogP contribution < -0.4 is 15.0 Å². The third-order valence-corrected chi connectivity index (χ3v) is 7.99. The molecule has 1 saturated heterocycles. The van der Waals surface area contributed by atoms with Gasteiger partial charge in [-0.15, -0.1) is 0 Å². The smallest absolute Gasteiger partial charge is 0.194 e. The fraction of sp³-hybridized carbons (Fsp3) is 0.455. The zero-order valence-electron chi connectivity index (χ0n) is 17.0. The minimum atomic E-state index is -3.48. The van der Waals surface area contributed by atoms with Gasteiger partial charge in [-0.1, -0.05) is 19.1 Å². The van der Waals surface area contributed by atoms with E-state index >= 15 is 0 Å². The van der Waals surface area contributed by atoms with Gasteiger partial charge < -0.3 is 14.6 Å².